The summed E-state index contributed by atoms with van der Waals surface area (Å²) in [7, 11) is 0. The topological polar surface area (TPSA) is 104 Å². The zero-order valence-corrected chi connectivity index (χ0v) is 11.3. The first kappa shape index (κ1) is 13.0. The number of nitrogen functional groups attached to an aromatic ring is 1. The summed E-state index contributed by atoms with van der Waals surface area (Å²) in [6, 6.07) is 7.74. The number of para-hydroxylation sites is 1. The zero-order chi connectivity index (χ0) is 14.7. The van der Waals surface area contributed by atoms with E-state index in [9.17, 15) is 0 Å². The van der Waals surface area contributed by atoms with Crippen molar-refractivity contribution in [2.45, 2.75) is 6.92 Å². The number of hydrazine groups is 1. The number of nitrogens with two attached hydrogens (primary N) is 1. The molecule has 0 aliphatic carbocycles. The second-order valence-corrected chi connectivity index (χ2v) is 4.22. The Labute approximate surface area is 120 Å². The molecule has 0 spiro atoms. The lowest BCUT2D eigenvalue weighted by molar-refractivity contribution is 0.436. The summed E-state index contributed by atoms with van der Waals surface area (Å²) in [5, 5.41) is 0. The first-order valence-electron chi connectivity index (χ1n) is 6.21. The Morgan fingerprint density at radius 2 is 2.05 bits per heavy atom. The van der Waals surface area contributed by atoms with Gasteiger partial charge in [0.25, 0.3) is 0 Å². The minimum absolute atomic E-state index is 0.149. The monoisotopic (exact) mass is 283 g/mol. The normalized spacial score (nSPS) is 10.4. The predicted molar refractivity (Wildman–Crippen MR) is 76.0 cm³/mol. The van der Waals surface area contributed by atoms with Crippen LogP contribution < -0.4 is 16.0 Å². The molecular weight excluding hydrogens is 270 g/mol. The van der Waals surface area contributed by atoms with Gasteiger partial charge in [0.2, 0.25) is 11.9 Å². The van der Waals surface area contributed by atoms with E-state index >= 15 is 0 Å². The highest BCUT2D eigenvalue weighted by atomic mass is 16.5. The van der Waals surface area contributed by atoms with Crippen molar-refractivity contribution in [1.29, 1.82) is 0 Å². The molecule has 8 nitrogen and oxygen atoms in total. The first-order valence-corrected chi connectivity index (χ1v) is 6.21. The predicted octanol–water partition coefficient (Wildman–Crippen LogP) is 1.44. The Hall–Kier alpha value is -3.00. The molecule has 106 valence electrons. The highest BCUT2D eigenvalue weighted by molar-refractivity contribution is 5.35. The molecule has 3 aromatic rings. The maximum atomic E-state index is 5.70. The third-order valence-electron chi connectivity index (χ3n) is 2.76. The molecule has 3 rings (SSSR count). The van der Waals surface area contributed by atoms with Gasteiger partial charge in [-0.2, -0.15) is 15.0 Å². The standard InChI is InChI=1S/C13H13N7O/c1-9-4-2-3-5-10(9)21-13-17-11(19-14)16-12(18-13)20-7-6-15-8-20/h2-8H,14H2,1H3,(H,16,17,18,19). The van der Waals surface area contributed by atoms with E-state index in [4.69, 9.17) is 10.6 Å². The van der Waals surface area contributed by atoms with Gasteiger partial charge in [-0.05, 0) is 18.6 Å². The molecule has 0 radical (unpaired) electrons. The molecule has 0 amide bonds. The second-order valence-electron chi connectivity index (χ2n) is 4.22. The number of nitrogens with one attached hydrogen (secondary N) is 1. The number of ether oxygens (including phenoxy) is 1. The quantitative estimate of drug-likeness (QED) is 0.551. The van der Waals surface area contributed by atoms with Gasteiger partial charge in [0.1, 0.15) is 12.1 Å². The molecule has 0 aliphatic rings. The van der Waals surface area contributed by atoms with E-state index in [0.717, 1.165) is 5.56 Å². The van der Waals surface area contributed by atoms with Crippen LogP contribution in [-0.2, 0) is 0 Å². The van der Waals surface area contributed by atoms with Crippen LogP contribution in [-0.4, -0.2) is 24.5 Å². The molecular formula is C13H13N7O. The van der Waals surface area contributed by atoms with Gasteiger partial charge in [0.05, 0.1) is 0 Å². The molecule has 0 atom stereocenters. The SMILES string of the molecule is Cc1ccccc1Oc1nc(NN)nc(-n2ccnc2)n1. The summed E-state index contributed by atoms with van der Waals surface area (Å²) in [5.74, 6) is 6.62. The van der Waals surface area contributed by atoms with Crippen LogP contribution >= 0.6 is 0 Å². The van der Waals surface area contributed by atoms with Crippen molar-refractivity contribution in [3.05, 3.63) is 48.5 Å². The number of hydrogen-bond acceptors (Lipinski definition) is 7. The average molecular weight is 283 g/mol. The van der Waals surface area contributed by atoms with Gasteiger partial charge in [-0.3, -0.25) is 9.99 Å². The highest BCUT2D eigenvalue weighted by Crippen LogP contribution is 2.22. The molecule has 0 bridgehead atoms. The van der Waals surface area contributed by atoms with Crippen molar-refractivity contribution in [3.8, 4) is 17.7 Å². The maximum Gasteiger partial charge on any atom is 0.328 e. The van der Waals surface area contributed by atoms with E-state index < -0.39 is 0 Å². The number of imidazole rings is 1. The fraction of sp³-hybridized carbons (Fsp3) is 0.0769. The van der Waals surface area contributed by atoms with E-state index in [-0.39, 0.29) is 12.0 Å². The molecule has 2 heterocycles. The Kier molecular flexibility index (Phi) is 3.44. The lowest BCUT2D eigenvalue weighted by atomic mass is 10.2. The number of benzene rings is 1. The summed E-state index contributed by atoms with van der Waals surface area (Å²) >= 11 is 0. The lowest BCUT2D eigenvalue weighted by Gasteiger charge is -2.09. The van der Waals surface area contributed by atoms with Gasteiger partial charge in [-0.15, -0.1) is 0 Å². The number of aromatic nitrogens is 5. The summed E-state index contributed by atoms with van der Waals surface area (Å²) < 4.78 is 7.33. The molecule has 0 aliphatic heterocycles. The van der Waals surface area contributed by atoms with Crippen molar-refractivity contribution >= 4 is 5.95 Å². The van der Waals surface area contributed by atoms with Crippen LogP contribution in [0.1, 0.15) is 5.56 Å². The van der Waals surface area contributed by atoms with E-state index in [1.807, 2.05) is 31.2 Å². The van der Waals surface area contributed by atoms with Gasteiger partial charge in [0, 0.05) is 12.4 Å². The summed E-state index contributed by atoms with van der Waals surface area (Å²) in [6.07, 6.45) is 4.92. The fourth-order valence-electron chi connectivity index (χ4n) is 1.72. The van der Waals surface area contributed by atoms with Crippen molar-refractivity contribution < 1.29 is 4.74 Å². The number of rotatable bonds is 4. The molecule has 1 aromatic carbocycles. The third-order valence-corrected chi connectivity index (χ3v) is 2.76. The van der Waals surface area contributed by atoms with Gasteiger partial charge < -0.3 is 4.74 Å². The van der Waals surface area contributed by atoms with Crippen LogP contribution in [0.2, 0.25) is 0 Å². The van der Waals surface area contributed by atoms with Crippen LogP contribution in [0.3, 0.4) is 0 Å². The minimum Gasteiger partial charge on any atom is -0.424 e. The van der Waals surface area contributed by atoms with Crippen LogP contribution in [0.4, 0.5) is 5.95 Å². The fourth-order valence-corrected chi connectivity index (χ4v) is 1.72. The third kappa shape index (κ3) is 2.79. The largest absolute Gasteiger partial charge is 0.424 e. The van der Waals surface area contributed by atoms with E-state index in [0.29, 0.717) is 11.7 Å². The number of hydrogen-bond donors (Lipinski definition) is 2. The Morgan fingerprint density at radius 3 is 2.76 bits per heavy atom. The average Bonchev–Trinajstić information content (AvgIpc) is 3.04. The molecule has 0 saturated carbocycles. The van der Waals surface area contributed by atoms with E-state index in [1.165, 1.54) is 0 Å². The number of nitrogens with zero attached hydrogens (tertiary/aromatic N) is 5. The van der Waals surface area contributed by atoms with Gasteiger partial charge >= 0.3 is 6.01 Å². The molecule has 21 heavy (non-hydrogen) atoms. The highest BCUT2D eigenvalue weighted by Gasteiger charge is 2.10. The lowest BCUT2D eigenvalue weighted by Crippen LogP contribution is -2.13. The van der Waals surface area contributed by atoms with Crippen molar-refractivity contribution in [2.24, 2.45) is 5.84 Å². The van der Waals surface area contributed by atoms with Crippen molar-refractivity contribution in [3.63, 3.8) is 0 Å². The summed E-state index contributed by atoms with van der Waals surface area (Å²) in [4.78, 5) is 16.4. The van der Waals surface area contributed by atoms with Crippen molar-refractivity contribution in [2.75, 3.05) is 5.43 Å². The zero-order valence-electron chi connectivity index (χ0n) is 11.3. The van der Waals surface area contributed by atoms with Crippen molar-refractivity contribution in [1.82, 2.24) is 24.5 Å². The van der Waals surface area contributed by atoms with Crippen LogP contribution in [0.25, 0.3) is 5.95 Å². The van der Waals surface area contributed by atoms with E-state index in [1.54, 1.807) is 23.3 Å². The molecule has 0 fully saturated rings. The summed E-state index contributed by atoms with van der Waals surface area (Å²) in [5.41, 5.74) is 3.37. The second kappa shape index (κ2) is 5.55. The summed E-state index contributed by atoms with van der Waals surface area (Å²) in [6.45, 7) is 1.94. The molecule has 0 unspecified atom stereocenters. The molecule has 3 N–H and O–H groups in total. The van der Waals surface area contributed by atoms with Gasteiger partial charge in [0.15, 0.2) is 0 Å². The van der Waals surface area contributed by atoms with Gasteiger partial charge in [-0.25, -0.2) is 10.8 Å². The molecule has 2 aromatic heterocycles. The minimum atomic E-state index is 0.149. The number of anilines is 1. The number of aryl methyl sites for hydroxylation is 1. The molecule has 0 saturated heterocycles. The Morgan fingerprint density at radius 1 is 1.19 bits per heavy atom. The van der Waals surface area contributed by atoms with Crippen LogP contribution in [0, 0.1) is 6.92 Å². The van der Waals surface area contributed by atoms with Gasteiger partial charge in [-0.1, -0.05) is 18.2 Å². The molecule has 8 heteroatoms. The smallest absolute Gasteiger partial charge is 0.328 e. The maximum absolute atomic E-state index is 5.70. The van der Waals surface area contributed by atoms with E-state index in [2.05, 4.69) is 25.4 Å². The van der Waals surface area contributed by atoms with Crippen LogP contribution in [0.5, 0.6) is 11.8 Å². The Balaban J connectivity index is 1.99. The first-order chi connectivity index (χ1) is 10.3. The Bertz CT molecular complexity index is 742. The van der Waals surface area contributed by atoms with Crippen LogP contribution in [0.15, 0.2) is 43.0 Å².